The van der Waals surface area contributed by atoms with Gasteiger partial charge >= 0.3 is 5.97 Å². The normalized spacial score (nSPS) is 10.6. The minimum absolute atomic E-state index is 0.139. The van der Waals surface area contributed by atoms with E-state index < -0.39 is 5.97 Å². The first kappa shape index (κ1) is 10.4. The maximum atomic E-state index is 11.2. The number of fused-ring (bicyclic) bond motifs is 1. The summed E-state index contributed by atoms with van der Waals surface area (Å²) < 4.78 is 1.70. The van der Waals surface area contributed by atoms with Gasteiger partial charge < -0.3 is 9.51 Å². The number of pyridine rings is 1. The van der Waals surface area contributed by atoms with Crippen LogP contribution < -0.4 is 0 Å². The molecule has 0 aliphatic rings. The Balaban J connectivity index is 2.72. The van der Waals surface area contributed by atoms with Crippen molar-refractivity contribution in [3.63, 3.8) is 0 Å². The molecule has 0 saturated carbocycles. The predicted octanol–water partition coefficient (Wildman–Crippen LogP) is 1.54. The van der Waals surface area contributed by atoms with Gasteiger partial charge in [0.25, 0.3) is 0 Å². The zero-order chi connectivity index (χ0) is 11.9. The van der Waals surface area contributed by atoms with E-state index in [4.69, 9.17) is 5.11 Å². The number of aromatic carboxylic acids is 1. The number of carboxylic acid groups (broad SMARTS) is 1. The van der Waals surface area contributed by atoms with Crippen molar-refractivity contribution >= 4 is 17.4 Å². The lowest BCUT2D eigenvalue weighted by atomic mass is 10.2. The number of carboxylic acids is 1. The van der Waals surface area contributed by atoms with E-state index >= 15 is 0 Å². The number of carbonyl (C=O) groups excluding carboxylic acids is 1. The molecular weight excluding hydrogens is 208 g/mol. The summed E-state index contributed by atoms with van der Waals surface area (Å²) in [6.07, 6.45) is 1.61. The molecular formula is C11H10N2O3. The minimum atomic E-state index is -1.00. The molecule has 0 unspecified atom stereocenters. The van der Waals surface area contributed by atoms with Gasteiger partial charge in [0.05, 0.1) is 5.56 Å². The number of aromatic nitrogens is 2. The highest BCUT2D eigenvalue weighted by Gasteiger charge is 2.11. The van der Waals surface area contributed by atoms with E-state index in [0.717, 1.165) is 5.69 Å². The molecule has 82 valence electrons. The van der Waals surface area contributed by atoms with Crippen molar-refractivity contribution in [2.24, 2.45) is 0 Å². The number of Topliss-reactive ketones (excluding diaryl/α,β-unsaturated/α-hetero) is 1. The number of rotatable bonds is 2. The molecule has 0 spiro atoms. The highest BCUT2D eigenvalue weighted by Crippen LogP contribution is 2.12. The van der Waals surface area contributed by atoms with E-state index in [2.05, 4.69) is 4.98 Å². The van der Waals surface area contributed by atoms with Gasteiger partial charge in [-0.25, -0.2) is 9.78 Å². The van der Waals surface area contributed by atoms with Gasteiger partial charge in [-0.1, -0.05) is 0 Å². The van der Waals surface area contributed by atoms with Crippen LogP contribution in [0.25, 0.3) is 5.65 Å². The molecule has 2 aromatic heterocycles. The third-order valence-corrected chi connectivity index (χ3v) is 2.37. The Morgan fingerprint density at radius 1 is 1.38 bits per heavy atom. The second kappa shape index (κ2) is 3.44. The monoisotopic (exact) mass is 218 g/mol. The Kier molecular flexibility index (Phi) is 2.23. The Hall–Kier alpha value is -2.17. The van der Waals surface area contributed by atoms with Crippen LogP contribution >= 0.6 is 0 Å². The molecule has 5 nitrogen and oxygen atoms in total. The maximum absolute atomic E-state index is 11.2. The molecule has 16 heavy (non-hydrogen) atoms. The highest BCUT2D eigenvalue weighted by atomic mass is 16.4. The van der Waals surface area contributed by atoms with E-state index in [1.165, 1.54) is 13.0 Å². The summed E-state index contributed by atoms with van der Waals surface area (Å²) in [5, 5.41) is 8.88. The van der Waals surface area contributed by atoms with Crippen LogP contribution in [0.4, 0.5) is 0 Å². The fourth-order valence-corrected chi connectivity index (χ4v) is 1.55. The van der Waals surface area contributed by atoms with Gasteiger partial charge in [0, 0.05) is 18.8 Å². The third kappa shape index (κ3) is 1.56. The van der Waals surface area contributed by atoms with E-state index in [-0.39, 0.29) is 11.3 Å². The lowest BCUT2D eigenvalue weighted by molar-refractivity contribution is 0.0696. The number of nitrogens with zero attached hydrogens (tertiary/aromatic N) is 2. The fraction of sp³-hybridized carbons (Fsp3) is 0.182. The summed E-state index contributed by atoms with van der Waals surface area (Å²) in [5.74, 6) is -1.14. The first-order valence-corrected chi connectivity index (χ1v) is 4.73. The van der Waals surface area contributed by atoms with Crippen LogP contribution in [-0.2, 0) is 0 Å². The maximum Gasteiger partial charge on any atom is 0.335 e. The Morgan fingerprint density at radius 3 is 2.62 bits per heavy atom. The largest absolute Gasteiger partial charge is 0.478 e. The van der Waals surface area contributed by atoms with Crippen molar-refractivity contribution in [1.82, 2.24) is 9.38 Å². The molecule has 0 aliphatic carbocycles. The van der Waals surface area contributed by atoms with Crippen LogP contribution in [0.5, 0.6) is 0 Å². The SMILES string of the molecule is CC(=O)c1cn2c(C)cc(C(=O)O)cc2n1. The first-order valence-electron chi connectivity index (χ1n) is 4.73. The number of hydrogen-bond donors (Lipinski definition) is 1. The lowest BCUT2D eigenvalue weighted by Gasteiger charge is -2.00. The van der Waals surface area contributed by atoms with Crippen LogP contribution in [0.15, 0.2) is 18.3 Å². The molecule has 0 radical (unpaired) electrons. The zero-order valence-corrected chi connectivity index (χ0v) is 8.89. The molecule has 0 saturated heterocycles. The molecule has 2 rings (SSSR count). The third-order valence-electron chi connectivity index (χ3n) is 2.37. The standard InChI is InChI=1S/C11H10N2O3/c1-6-3-8(11(15)16)4-10-12-9(7(2)14)5-13(6)10/h3-5H,1-2H3,(H,15,16). The Bertz CT molecular complexity index is 599. The average molecular weight is 218 g/mol. The quantitative estimate of drug-likeness (QED) is 0.776. The first-order chi connectivity index (χ1) is 7.49. The zero-order valence-electron chi connectivity index (χ0n) is 8.89. The topological polar surface area (TPSA) is 71.7 Å². The number of hydrogen-bond acceptors (Lipinski definition) is 3. The molecule has 2 heterocycles. The highest BCUT2D eigenvalue weighted by molar-refractivity contribution is 5.93. The van der Waals surface area contributed by atoms with Crippen molar-refractivity contribution in [2.75, 3.05) is 0 Å². The van der Waals surface area contributed by atoms with Gasteiger partial charge in [0.1, 0.15) is 11.3 Å². The number of carbonyl (C=O) groups is 2. The van der Waals surface area contributed by atoms with E-state index in [0.29, 0.717) is 11.3 Å². The summed E-state index contributed by atoms with van der Waals surface area (Å²) in [7, 11) is 0. The van der Waals surface area contributed by atoms with E-state index in [1.54, 1.807) is 23.6 Å². The molecule has 5 heteroatoms. The minimum Gasteiger partial charge on any atom is -0.478 e. The predicted molar refractivity (Wildman–Crippen MR) is 56.9 cm³/mol. The molecule has 0 atom stereocenters. The molecule has 0 aliphatic heterocycles. The summed E-state index contributed by atoms with van der Waals surface area (Å²) in [4.78, 5) is 26.1. The average Bonchev–Trinajstić information content (AvgIpc) is 2.61. The molecule has 1 N–H and O–H groups in total. The Labute approximate surface area is 91.3 Å². The number of imidazole rings is 1. The summed E-state index contributed by atoms with van der Waals surface area (Å²) >= 11 is 0. The van der Waals surface area contributed by atoms with Gasteiger partial charge in [-0.2, -0.15) is 0 Å². The van der Waals surface area contributed by atoms with Crippen molar-refractivity contribution in [3.8, 4) is 0 Å². The van der Waals surface area contributed by atoms with Crippen LogP contribution in [0, 0.1) is 6.92 Å². The van der Waals surface area contributed by atoms with E-state index in [1.807, 2.05) is 0 Å². The molecule has 2 aromatic rings. The van der Waals surface area contributed by atoms with Gasteiger partial charge in [0.2, 0.25) is 0 Å². The smallest absolute Gasteiger partial charge is 0.335 e. The Morgan fingerprint density at radius 2 is 2.06 bits per heavy atom. The van der Waals surface area contributed by atoms with Gasteiger partial charge in [-0.15, -0.1) is 0 Å². The van der Waals surface area contributed by atoms with Crippen molar-refractivity contribution < 1.29 is 14.7 Å². The fourth-order valence-electron chi connectivity index (χ4n) is 1.55. The number of aryl methyl sites for hydroxylation is 1. The van der Waals surface area contributed by atoms with Crippen LogP contribution in [0.2, 0.25) is 0 Å². The molecule has 0 aromatic carbocycles. The molecule has 0 bridgehead atoms. The number of ketones is 1. The second-order valence-corrected chi connectivity index (χ2v) is 3.60. The van der Waals surface area contributed by atoms with Crippen LogP contribution in [-0.4, -0.2) is 26.2 Å². The molecule has 0 fully saturated rings. The van der Waals surface area contributed by atoms with Crippen LogP contribution in [0.1, 0.15) is 33.5 Å². The molecule has 0 amide bonds. The van der Waals surface area contributed by atoms with Crippen LogP contribution in [0.3, 0.4) is 0 Å². The van der Waals surface area contributed by atoms with Gasteiger partial charge in [-0.3, -0.25) is 4.79 Å². The van der Waals surface area contributed by atoms with Gasteiger partial charge in [-0.05, 0) is 19.1 Å². The van der Waals surface area contributed by atoms with Crippen molar-refractivity contribution in [1.29, 1.82) is 0 Å². The summed E-state index contributed by atoms with van der Waals surface area (Å²) in [5.41, 5.74) is 1.72. The second-order valence-electron chi connectivity index (χ2n) is 3.60. The van der Waals surface area contributed by atoms with Gasteiger partial charge in [0.15, 0.2) is 5.78 Å². The van der Waals surface area contributed by atoms with E-state index in [9.17, 15) is 9.59 Å². The summed E-state index contributed by atoms with van der Waals surface area (Å²) in [6.45, 7) is 3.19. The lowest BCUT2D eigenvalue weighted by Crippen LogP contribution is -2.00. The summed E-state index contributed by atoms with van der Waals surface area (Å²) in [6, 6.07) is 2.99. The van der Waals surface area contributed by atoms with Crippen molar-refractivity contribution in [2.45, 2.75) is 13.8 Å². The van der Waals surface area contributed by atoms with Crippen molar-refractivity contribution in [3.05, 3.63) is 35.3 Å².